The van der Waals surface area contributed by atoms with E-state index in [-0.39, 0.29) is 0 Å². The number of hydrogen-bond donors (Lipinski definition) is 1. The number of nitrogens with zero attached hydrogens (tertiary/aromatic N) is 2. The van der Waals surface area contributed by atoms with Crippen LogP contribution in [-0.4, -0.2) is 54.5 Å². The zero-order chi connectivity index (χ0) is 11.3. The van der Waals surface area contributed by atoms with Gasteiger partial charge >= 0.3 is 0 Å². The van der Waals surface area contributed by atoms with Crippen LogP contribution in [0.4, 0.5) is 0 Å². The molecule has 88 valence electrons. The minimum absolute atomic E-state index is 0.291. The van der Waals surface area contributed by atoms with Crippen LogP contribution in [-0.2, 0) is 4.79 Å². The predicted octanol–water partition coefficient (Wildman–Crippen LogP) is 0.278. The van der Waals surface area contributed by atoms with Gasteiger partial charge in [0.15, 0.2) is 0 Å². The van der Waals surface area contributed by atoms with Gasteiger partial charge in [-0.3, -0.25) is 9.69 Å². The molecule has 1 aliphatic rings. The van der Waals surface area contributed by atoms with Crippen molar-refractivity contribution in [2.45, 2.75) is 32.7 Å². The largest absolute Gasteiger partial charge is 0.341 e. The SMILES string of the molecule is CCN1CC(C)N(CCCN)CCC1=O. The number of carbonyl (C=O) groups is 1. The second-order valence-corrected chi connectivity index (χ2v) is 4.21. The van der Waals surface area contributed by atoms with Crippen molar-refractivity contribution >= 4 is 5.91 Å². The minimum atomic E-state index is 0.291. The van der Waals surface area contributed by atoms with Gasteiger partial charge in [-0.1, -0.05) is 0 Å². The van der Waals surface area contributed by atoms with Gasteiger partial charge in [-0.15, -0.1) is 0 Å². The van der Waals surface area contributed by atoms with E-state index >= 15 is 0 Å². The summed E-state index contributed by atoms with van der Waals surface area (Å²) >= 11 is 0. The number of hydrogen-bond acceptors (Lipinski definition) is 3. The van der Waals surface area contributed by atoms with E-state index in [1.54, 1.807) is 0 Å². The average molecular weight is 213 g/mol. The summed E-state index contributed by atoms with van der Waals surface area (Å²) in [6, 6.07) is 0.461. The Morgan fingerprint density at radius 2 is 2.27 bits per heavy atom. The normalized spacial score (nSPS) is 24.3. The molecule has 1 saturated heterocycles. The van der Waals surface area contributed by atoms with Crippen LogP contribution in [0.2, 0.25) is 0 Å². The number of carbonyl (C=O) groups excluding carboxylic acids is 1. The van der Waals surface area contributed by atoms with Gasteiger partial charge in [0.25, 0.3) is 0 Å². The molecule has 4 heteroatoms. The zero-order valence-electron chi connectivity index (χ0n) is 9.91. The van der Waals surface area contributed by atoms with Crippen molar-refractivity contribution in [3.05, 3.63) is 0 Å². The highest BCUT2D eigenvalue weighted by Gasteiger charge is 2.24. The molecule has 0 radical (unpaired) electrons. The molecule has 1 heterocycles. The fraction of sp³-hybridized carbons (Fsp3) is 0.909. The summed E-state index contributed by atoms with van der Waals surface area (Å²) in [7, 11) is 0. The Kier molecular flexibility index (Phi) is 5.05. The highest BCUT2D eigenvalue weighted by Crippen LogP contribution is 2.10. The number of rotatable bonds is 4. The molecule has 4 nitrogen and oxygen atoms in total. The lowest BCUT2D eigenvalue weighted by molar-refractivity contribution is -0.130. The van der Waals surface area contributed by atoms with Crippen molar-refractivity contribution in [2.75, 3.05) is 32.7 Å². The van der Waals surface area contributed by atoms with Crippen molar-refractivity contribution in [1.29, 1.82) is 0 Å². The second kappa shape index (κ2) is 6.08. The number of likely N-dealkylation sites (N-methyl/N-ethyl adjacent to an activating group) is 1. The first-order chi connectivity index (χ1) is 7.19. The van der Waals surface area contributed by atoms with Crippen molar-refractivity contribution in [3.8, 4) is 0 Å². The van der Waals surface area contributed by atoms with Crippen LogP contribution >= 0.6 is 0 Å². The van der Waals surface area contributed by atoms with E-state index < -0.39 is 0 Å². The highest BCUT2D eigenvalue weighted by atomic mass is 16.2. The van der Waals surface area contributed by atoms with Crippen LogP contribution in [0.25, 0.3) is 0 Å². The van der Waals surface area contributed by atoms with E-state index in [0.29, 0.717) is 18.4 Å². The summed E-state index contributed by atoms with van der Waals surface area (Å²) in [5, 5.41) is 0. The predicted molar refractivity (Wildman–Crippen MR) is 61.6 cm³/mol. The maximum atomic E-state index is 11.7. The molecule has 1 amide bonds. The lowest BCUT2D eigenvalue weighted by Gasteiger charge is -2.28. The van der Waals surface area contributed by atoms with Gasteiger partial charge in [0.05, 0.1) is 0 Å². The van der Waals surface area contributed by atoms with E-state index in [0.717, 1.165) is 39.1 Å². The van der Waals surface area contributed by atoms with Gasteiger partial charge in [0, 0.05) is 32.1 Å². The number of amides is 1. The highest BCUT2D eigenvalue weighted by molar-refractivity contribution is 5.76. The first-order valence-electron chi connectivity index (χ1n) is 5.91. The Balaban J connectivity index is 2.51. The molecule has 0 bridgehead atoms. The fourth-order valence-electron chi connectivity index (χ4n) is 2.09. The maximum Gasteiger partial charge on any atom is 0.223 e. The van der Waals surface area contributed by atoms with Crippen LogP contribution in [0.3, 0.4) is 0 Å². The summed E-state index contributed by atoms with van der Waals surface area (Å²) in [6.07, 6.45) is 1.67. The second-order valence-electron chi connectivity index (χ2n) is 4.21. The van der Waals surface area contributed by atoms with Gasteiger partial charge in [0.1, 0.15) is 0 Å². The van der Waals surface area contributed by atoms with Crippen LogP contribution in [0.15, 0.2) is 0 Å². The molecule has 1 aliphatic heterocycles. The summed E-state index contributed by atoms with van der Waals surface area (Å²) < 4.78 is 0. The lowest BCUT2D eigenvalue weighted by atomic mass is 10.2. The molecule has 0 saturated carbocycles. The molecular weight excluding hydrogens is 190 g/mol. The van der Waals surface area contributed by atoms with Crippen molar-refractivity contribution in [1.82, 2.24) is 9.80 Å². The Labute approximate surface area is 92.4 Å². The van der Waals surface area contributed by atoms with Crippen LogP contribution in [0, 0.1) is 0 Å². The standard InChI is InChI=1S/C11H23N3O/c1-3-13-9-10(2)14(7-4-6-12)8-5-11(13)15/h10H,3-9,12H2,1-2H3. The molecule has 1 unspecified atom stereocenters. The Morgan fingerprint density at radius 1 is 1.53 bits per heavy atom. The molecule has 0 spiro atoms. The Bertz CT molecular complexity index is 208. The van der Waals surface area contributed by atoms with E-state index in [1.807, 2.05) is 11.8 Å². The zero-order valence-corrected chi connectivity index (χ0v) is 9.91. The smallest absolute Gasteiger partial charge is 0.223 e. The van der Waals surface area contributed by atoms with Crippen molar-refractivity contribution < 1.29 is 4.79 Å². The van der Waals surface area contributed by atoms with Gasteiger partial charge in [-0.05, 0) is 33.4 Å². The van der Waals surface area contributed by atoms with Crippen molar-refractivity contribution in [2.24, 2.45) is 5.73 Å². The summed E-state index contributed by atoms with van der Waals surface area (Å²) in [5.41, 5.74) is 5.51. The third-order valence-electron chi connectivity index (χ3n) is 3.10. The fourth-order valence-corrected chi connectivity index (χ4v) is 2.09. The molecule has 15 heavy (non-hydrogen) atoms. The molecule has 0 aromatic heterocycles. The lowest BCUT2D eigenvalue weighted by Crippen LogP contribution is -2.40. The maximum absolute atomic E-state index is 11.7. The average Bonchev–Trinajstić information content (AvgIpc) is 2.37. The number of nitrogens with two attached hydrogens (primary N) is 1. The molecule has 0 aliphatic carbocycles. The van der Waals surface area contributed by atoms with Crippen LogP contribution in [0.5, 0.6) is 0 Å². The third kappa shape index (κ3) is 3.47. The van der Waals surface area contributed by atoms with Gasteiger partial charge < -0.3 is 10.6 Å². The molecule has 1 atom stereocenters. The van der Waals surface area contributed by atoms with Gasteiger partial charge in [0.2, 0.25) is 5.91 Å². The summed E-state index contributed by atoms with van der Waals surface area (Å²) in [6.45, 7) is 8.55. The van der Waals surface area contributed by atoms with E-state index in [2.05, 4.69) is 11.8 Å². The van der Waals surface area contributed by atoms with E-state index in [1.165, 1.54) is 0 Å². The first-order valence-corrected chi connectivity index (χ1v) is 5.91. The van der Waals surface area contributed by atoms with Gasteiger partial charge in [-0.2, -0.15) is 0 Å². The first kappa shape index (κ1) is 12.5. The quantitative estimate of drug-likeness (QED) is 0.729. The molecule has 1 fully saturated rings. The third-order valence-corrected chi connectivity index (χ3v) is 3.10. The Morgan fingerprint density at radius 3 is 2.87 bits per heavy atom. The van der Waals surface area contributed by atoms with Gasteiger partial charge in [-0.25, -0.2) is 0 Å². The topological polar surface area (TPSA) is 49.6 Å². The summed E-state index contributed by atoms with van der Waals surface area (Å²) in [4.78, 5) is 16.0. The molecule has 0 aromatic carbocycles. The van der Waals surface area contributed by atoms with E-state index in [9.17, 15) is 4.79 Å². The monoisotopic (exact) mass is 213 g/mol. The molecular formula is C11H23N3O. The minimum Gasteiger partial charge on any atom is -0.341 e. The molecule has 2 N–H and O–H groups in total. The Hall–Kier alpha value is -0.610. The molecule has 0 aromatic rings. The molecule has 1 rings (SSSR count). The summed E-state index contributed by atoms with van der Waals surface area (Å²) in [5.74, 6) is 0.291. The van der Waals surface area contributed by atoms with Crippen molar-refractivity contribution in [3.63, 3.8) is 0 Å². The van der Waals surface area contributed by atoms with E-state index in [4.69, 9.17) is 5.73 Å². The van der Waals surface area contributed by atoms with Crippen LogP contribution < -0.4 is 5.73 Å². The van der Waals surface area contributed by atoms with Crippen LogP contribution in [0.1, 0.15) is 26.7 Å².